The van der Waals surface area contributed by atoms with E-state index in [4.69, 9.17) is 10.00 Å². The van der Waals surface area contributed by atoms with Gasteiger partial charge in [0.1, 0.15) is 24.1 Å². The standard InChI is InChI=1S/C16H13N3O2/c17-9-12-5-6-14(18-10-12)16(20)19-7-8-21-15-4-2-1-3-13(15)11-19/h1-6,10H,7-8,11H2. The summed E-state index contributed by atoms with van der Waals surface area (Å²) >= 11 is 0. The molecular weight excluding hydrogens is 266 g/mol. The van der Waals surface area contributed by atoms with Crippen LogP contribution in [-0.4, -0.2) is 28.9 Å². The van der Waals surface area contributed by atoms with Crippen molar-refractivity contribution in [3.63, 3.8) is 0 Å². The number of carbonyl (C=O) groups is 1. The number of benzene rings is 1. The van der Waals surface area contributed by atoms with Crippen LogP contribution in [0.5, 0.6) is 5.75 Å². The Bertz CT molecular complexity index is 704. The smallest absolute Gasteiger partial charge is 0.272 e. The molecule has 1 amide bonds. The van der Waals surface area contributed by atoms with E-state index in [1.807, 2.05) is 30.3 Å². The zero-order chi connectivity index (χ0) is 14.7. The lowest BCUT2D eigenvalue weighted by Gasteiger charge is -2.19. The number of rotatable bonds is 1. The molecule has 0 saturated carbocycles. The summed E-state index contributed by atoms with van der Waals surface area (Å²) in [6, 6.07) is 12.9. The van der Waals surface area contributed by atoms with Gasteiger partial charge in [-0.25, -0.2) is 4.98 Å². The number of fused-ring (bicyclic) bond motifs is 1. The van der Waals surface area contributed by atoms with Crippen LogP contribution < -0.4 is 4.74 Å². The normalized spacial score (nSPS) is 13.6. The van der Waals surface area contributed by atoms with Crippen LogP contribution in [0.1, 0.15) is 21.6 Å². The molecule has 1 aliphatic rings. The van der Waals surface area contributed by atoms with E-state index in [0.717, 1.165) is 11.3 Å². The van der Waals surface area contributed by atoms with Crippen molar-refractivity contribution in [2.75, 3.05) is 13.2 Å². The summed E-state index contributed by atoms with van der Waals surface area (Å²) in [7, 11) is 0. The second-order valence-corrected chi connectivity index (χ2v) is 4.73. The Balaban J connectivity index is 1.83. The molecule has 3 rings (SSSR count). The molecule has 1 aromatic carbocycles. The third-order valence-electron chi connectivity index (χ3n) is 3.35. The van der Waals surface area contributed by atoms with E-state index in [-0.39, 0.29) is 5.91 Å². The quantitative estimate of drug-likeness (QED) is 0.800. The van der Waals surface area contributed by atoms with Gasteiger partial charge in [0.2, 0.25) is 0 Å². The first kappa shape index (κ1) is 13.1. The van der Waals surface area contributed by atoms with E-state index in [2.05, 4.69) is 4.98 Å². The molecule has 0 radical (unpaired) electrons. The fourth-order valence-electron chi connectivity index (χ4n) is 2.25. The van der Waals surface area contributed by atoms with Gasteiger partial charge in [-0.3, -0.25) is 4.79 Å². The van der Waals surface area contributed by atoms with Gasteiger partial charge in [0.15, 0.2) is 0 Å². The van der Waals surface area contributed by atoms with Crippen molar-refractivity contribution in [3.05, 3.63) is 59.4 Å². The monoisotopic (exact) mass is 279 g/mol. The molecule has 0 aliphatic carbocycles. The van der Waals surface area contributed by atoms with Gasteiger partial charge < -0.3 is 9.64 Å². The van der Waals surface area contributed by atoms with Crippen LogP contribution in [-0.2, 0) is 6.54 Å². The first-order valence-electron chi connectivity index (χ1n) is 6.64. The SMILES string of the molecule is N#Cc1ccc(C(=O)N2CCOc3ccccc3C2)nc1. The molecule has 0 spiro atoms. The first-order valence-corrected chi connectivity index (χ1v) is 6.64. The van der Waals surface area contributed by atoms with Gasteiger partial charge in [-0.05, 0) is 18.2 Å². The van der Waals surface area contributed by atoms with Gasteiger partial charge >= 0.3 is 0 Å². The molecule has 1 aromatic heterocycles. The van der Waals surface area contributed by atoms with Crippen molar-refractivity contribution < 1.29 is 9.53 Å². The zero-order valence-electron chi connectivity index (χ0n) is 11.3. The summed E-state index contributed by atoms with van der Waals surface area (Å²) in [4.78, 5) is 18.3. The Morgan fingerprint density at radius 3 is 2.90 bits per heavy atom. The Hall–Kier alpha value is -2.87. The van der Waals surface area contributed by atoms with Gasteiger partial charge in [-0.15, -0.1) is 0 Å². The Kier molecular flexibility index (Phi) is 3.52. The third-order valence-corrected chi connectivity index (χ3v) is 3.35. The minimum Gasteiger partial charge on any atom is -0.491 e. The Labute approximate surface area is 122 Å². The van der Waals surface area contributed by atoms with Gasteiger partial charge in [0, 0.05) is 18.3 Å². The molecule has 2 aromatic rings. The molecular formula is C16H13N3O2. The topological polar surface area (TPSA) is 66.2 Å². The van der Waals surface area contributed by atoms with Gasteiger partial charge in [-0.1, -0.05) is 18.2 Å². The largest absolute Gasteiger partial charge is 0.491 e. The number of amides is 1. The highest BCUT2D eigenvalue weighted by molar-refractivity contribution is 5.92. The highest BCUT2D eigenvalue weighted by Crippen LogP contribution is 2.23. The summed E-state index contributed by atoms with van der Waals surface area (Å²) in [5.74, 6) is 0.667. The zero-order valence-corrected chi connectivity index (χ0v) is 11.3. The van der Waals surface area contributed by atoms with Crippen LogP contribution in [0.15, 0.2) is 42.6 Å². The predicted octanol–water partition coefficient (Wildman–Crippen LogP) is 1.99. The number of carbonyl (C=O) groups excluding carboxylic acids is 1. The molecule has 0 bridgehead atoms. The van der Waals surface area contributed by atoms with Crippen molar-refractivity contribution in [2.24, 2.45) is 0 Å². The van der Waals surface area contributed by atoms with E-state index in [0.29, 0.717) is 31.0 Å². The van der Waals surface area contributed by atoms with Crippen LogP contribution in [0.4, 0.5) is 0 Å². The number of hydrogen-bond donors (Lipinski definition) is 0. The maximum Gasteiger partial charge on any atom is 0.272 e. The maximum absolute atomic E-state index is 12.5. The molecule has 21 heavy (non-hydrogen) atoms. The van der Waals surface area contributed by atoms with Crippen molar-refractivity contribution >= 4 is 5.91 Å². The summed E-state index contributed by atoms with van der Waals surface area (Å²) < 4.78 is 5.64. The lowest BCUT2D eigenvalue weighted by atomic mass is 10.2. The molecule has 5 heteroatoms. The van der Waals surface area contributed by atoms with E-state index in [1.165, 1.54) is 6.20 Å². The van der Waals surface area contributed by atoms with Crippen LogP contribution in [0, 0.1) is 11.3 Å². The molecule has 0 fully saturated rings. The molecule has 0 atom stereocenters. The lowest BCUT2D eigenvalue weighted by molar-refractivity contribution is 0.0727. The van der Waals surface area contributed by atoms with Crippen LogP contribution >= 0.6 is 0 Å². The summed E-state index contributed by atoms with van der Waals surface area (Å²) in [5, 5.41) is 8.76. The highest BCUT2D eigenvalue weighted by atomic mass is 16.5. The molecule has 0 unspecified atom stereocenters. The summed E-state index contributed by atoms with van der Waals surface area (Å²) in [6.45, 7) is 1.46. The Morgan fingerprint density at radius 1 is 1.29 bits per heavy atom. The van der Waals surface area contributed by atoms with E-state index < -0.39 is 0 Å². The summed E-state index contributed by atoms with van der Waals surface area (Å²) in [6.07, 6.45) is 1.41. The fourth-order valence-corrected chi connectivity index (χ4v) is 2.25. The number of hydrogen-bond acceptors (Lipinski definition) is 4. The fraction of sp³-hybridized carbons (Fsp3) is 0.188. The molecule has 2 heterocycles. The number of ether oxygens (including phenoxy) is 1. The van der Waals surface area contributed by atoms with Gasteiger partial charge in [0.05, 0.1) is 12.1 Å². The van der Waals surface area contributed by atoms with Gasteiger partial charge in [-0.2, -0.15) is 5.26 Å². The lowest BCUT2D eigenvalue weighted by Crippen LogP contribution is -2.33. The van der Waals surface area contributed by atoms with E-state index >= 15 is 0 Å². The van der Waals surface area contributed by atoms with Gasteiger partial charge in [0.25, 0.3) is 5.91 Å². The number of nitriles is 1. The minimum atomic E-state index is -0.153. The average Bonchev–Trinajstić information content (AvgIpc) is 2.76. The Morgan fingerprint density at radius 2 is 2.14 bits per heavy atom. The number of nitrogens with zero attached hydrogens (tertiary/aromatic N) is 3. The molecule has 104 valence electrons. The number of pyridine rings is 1. The van der Waals surface area contributed by atoms with E-state index in [1.54, 1.807) is 17.0 Å². The molecule has 1 aliphatic heterocycles. The second kappa shape index (κ2) is 5.63. The van der Waals surface area contributed by atoms with Crippen molar-refractivity contribution in [3.8, 4) is 11.8 Å². The van der Waals surface area contributed by atoms with Crippen LogP contribution in [0.3, 0.4) is 0 Å². The van der Waals surface area contributed by atoms with Crippen molar-refractivity contribution in [1.82, 2.24) is 9.88 Å². The van der Waals surface area contributed by atoms with Crippen LogP contribution in [0.2, 0.25) is 0 Å². The number of para-hydroxylation sites is 1. The molecule has 0 N–H and O–H groups in total. The van der Waals surface area contributed by atoms with Crippen LogP contribution in [0.25, 0.3) is 0 Å². The van der Waals surface area contributed by atoms with Crippen molar-refractivity contribution in [1.29, 1.82) is 5.26 Å². The molecule has 0 saturated heterocycles. The highest BCUT2D eigenvalue weighted by Gasteiger charge is 2.21. The summed E-state index contributed by atoms with van der Waals surface area (Å²) in [5.41, 5.74) is 1.77. The second-order valence-electron chi connectivity index (χ2n) is 4.73. The molecule has 5 nitrogen and oxygen atoms in total. The minimum absolute atomic E-state index is 0.153. The van der Waals surface area contributed by atoms with Crippen molar-refractivity contribution in [2.45, 2.75) is 6.54 Å². The first-order chi connectivity index (χ1) is 10.3. The predicted molar refractivity (Wildman–Crippen MR) is 75.6 cm³/mol. The maximum atomic E-state index is 12.5. The van der Waals surface area contributed by atoms with E-state index in [9.17, 15) is 4.79 Å². The average molecular weight is 279 g/mol. The number of aromatic nitrogens is 1. The third kappa shape index (κ3) is 2.70.